The molecule has 0 bridgehead atoms. The van der Waals surface area contributed by atoms with Crippen molar-refractivity contribution >= 4 is 28.7 Å². The lowest BCUT2D eigenvalue weighted by Crippen LogP contribution is -2.65. The molecule has 2 saturated heterocycles. The van der Waals surface area contributed by atoms with Crippen molar-refractivity contribution in [2.75, 3.05) is 20.1 Å². The standard InChI is InChI=1S/C31H33N7O4/c1-34-29-23(17-33-34)9-6-10-24(29)18-36-19-27-37(35(2)31(42)32-16-22-7-4-3-5-8-22)20-28(40)38(27)26(30(36)41)15-21-11-13-25(39)14-12-21/h3-14,17,26-27,39H,15-16,18-20H2,1-2H3,(H,32,42)/t26-,27+/m0/s1. The Hall–Kier alpha value is -4.90. The van der Waals surface area contributed by atoms with Gasteiger partial charge in [-0.2, -0.15) is 10.1 Å². The number of urea groups is 1. The number of rotatable bonds is 7. The smallest absolute Gasteiger partial charge is 0.332 e. The molecule has 2 aliphatic rings. The highest BCUT2D eigenvalue weighted by atomic mass is 16.3. The highest BCUT2D eigenvalue weighted by Gasteiger charge is 2.51. The first-order valence-electron chi connectivity index (χ1n) is 13.9. The SMILES string of the molecule is CN(C(=O)NCc1ccccc1)N1CC(=O)N2[C@@H](Cc3ccc(O)cc3)C(=O)N(Cc3cccc4cnn(C)c34)C[C@@H]21. The van der Waals surface area contributed by atoms with Gasteiger partial charge >= 0.3 is 6.03 Å². The highest BCUT2D eigenvalue weighted by molar-refractivity contribution is 5.92. The van der Waals surface area contributed by atoms with Gasteiger partial charge in [0.25, 0.3) is 0 Å². The van der Waals surface area contributed by atoms with Crippen LogP contribution in [0.15, 0.2) is 79.0 Å². The predicted molar refractivity (Wildman–Crippen MR) is 156 cm³/mol. The Morgan fingerprint density at radius 2 is 1.79 bits per heavy atom. The van der Waals surface area contributed by atoms with Gasteiger partial charge < -0.3 is 20.2 Å². The second-order valence-electron chi connectivity index (χ2n) is 10.8. The van der Waals surface area contributed by atoms with E-state index in [0.29, 0.717) is 13.1 Å². The number of nitrogens with zero attached hydrogens (tertiary/aromatic N) is 6. The van der Waals surface area contributed by atoms with Crippen LogP contribution in [-0.2, 0) is 36.1 Å². The van der Waals surface area contributed by atoms with Crippen LogP contribution in [0.2, 0.25) is 0 Å². The van der Waals surface area contributed by atoms with Crippen LogP contribution in [-0.4, -0.2) is 84.9 Å². The van der Waals surface area contributed by atoms with Crippen molar-refractivity contribution in [1.29, 1.82) is 0 Å². The van der Waals surface area contributed by atoms with Gasteiger partial charge in [0.2, 0.25) is 11.8 Å². The zero-order valence-corrected chi connectivity index (χ0v) is 23.6. The van der Waals surface area contributed by atoms with E-state index in [0.717, 1.165) is 27.6 Å². The van der Waals surface area contributed by atoms with E-state index in [-0.39, 0.29) is 43.1 Å². The summed E-state index contributed by atoms with van der Waals surface area (Å²) in [5.41, 5.74) is 3.67. The van der Waals surface area contributed by atoms with E-state index in [2.05, 4.69) is 10.4 Å². The molecular formula is C31H33N7O4. The maximum Gasteiger partial charge on any atom is 0.332 e. The van der Waals surface area contributed by atoms with Crippen molar-refractivity contribution in [2.45, 2.75) is 31.7 Å². The number of benzene rings is 3. The van der Waals surface area contributed by atoms with E-state index >= 15 is 0 Å². The Balaban J connectivity index is 1.29. The summed E-state index contributed by atoms with van der Waals surface area (Å²) in [5.74, 6) is -0.248. The summed E-state index contributed by atoms with van der Waals surface area (Å²) in [5, 5.41) is 21.2. The number of hydrazine groups is 1. The van der Waals surface area contributed by atoms with Crippen molar-refractivity contribution < 1.29 is 19.5 Å². The molecular weight excluding hydrogens is 534 g/mol. The molecule has 3 heterocycles. The number of aryl methyl sites for hydroxylation is 1. The van der Waals surface area contributed by atoms with Crippen molar-refractivity contribution in [3.8, 4) is 5.75 Å². The first-order chi connectivity index (χ1) is 20.3. The number of aromatic nitrogens is 2. The number of hydrogen-bond acceptors (Lipinski definition) is 6. The fourth-order valence-corrected chi connectivity index (χ4v) is 5.96. The lowest BCUT2D eigenvalue weighted by Gasteiger charge is -2.45. The number of nitrogens with one attached hydrogen (secondary N) is 1. The fraction of sp³-hybridized carbons (Fsp3) is 0.290. The van der Waals surface area contributed by atoms with Crippen LogP contribution < -0.4 is 5.32 Å². The third-order valence-electron chi connectivity index (χ3n) is 8.10. The van der Waals surface area contributed by atoms with E-state index in [9.17, 15) is 19.5 Å². The lowest BCUT2D eigenvalue weighted by molar-refractivity contribution is -0.157. The van der Waals surface area contributed by atoms with Crippen LogP contribution in [0, 0.1) is 0 Å². The summed E-state index contributed by atoms with van der Waals surface area (Å²) in [4.78, 5) is 44.2. The molecule has 11 nitrogen and oxygen atoms in total. The summed E-state index contributed by atoms with van der Waals surface area (Å²) in [7, 11) is 3.52. The molecule has 0 radical (unpaired) electrons. The molecule has 0 aliphatic carbocycles. The molecule has 4 amide bonds. The largest absolute Gasteiger partial charge is 0.508 e. The Bertz CT molecular complexity index is 1620. The van der Waals surface area contributed by atoms with Crippen LogP contribution in [0.1, 0.15) is 16.7 Å². The molecule has 11 heteroatoms. The number of carbonyl (C=O) groups is 3. The molecule has 2 atom stereocenters. The van der Waals surface area contributed by atoms with Crippen LogP contribution in [0.25, 0.3) is 10.9 Å². The molecule has 0 spiro atoms. The van der Waals surface area contributed by atoms with Crippen LogP contribution in [0.5, 0.6) is 5.75 Å². The van der Waals surface area contributed by atoms with E-state index < -0.39 is 12.2 Å². The lowest BCUT2D eigenvalue weighted by atomic mass is 9.99. The highest BCUT2D eigenvalue weighted by Crippen LogP contribution is 2.31. The number of phenols is 1. The first kappa shape index (κ1) is 27.3. The first-order valence-corrected chi connectivity index (χ1v) is 13.9. The summed E-state index contributed by atoms with van der Waals surface area (Å²) >= 11 is 0. The predicted octanol–water partition coefficient (Wildman–Crippen LogP) is 2.46. The molecule has 216 valence electrons. The summed E-state index contributed by atoms with van der Waals surface area (Å²) in [6, 6.07) is 21.1. The fourth-order valence-electron chi connectivity index (χ4n) is 5.96. The third kappa shape index (κ3) is 5.14. The van der Waals surface area contributed by atoms with E-state index in [1.807, 2.05) is 55.6 Å². The Morgan fingerprint density at radius 1 is 1.02 bits per heavy atom. The maximum atomic E-state index is 14.1. The molecule has 0 unspecified atom stereocenters. The summed E-state index contributed by atoms with van der Waals surface area (Å²) < 4.78 is 1.80. The topological polar surface area (TPSA) is 114 Å². The maximum absolute atomic E-state index is 14.1. The minimum atomic E-state index is -0.766. The van der Waals surface area contributed by atoms with Crippen LogP contribution in [0.4, 0.5) is 4.79 Å². The van der Waals surface area contributed by atoms with Gasteiger partial charge in [0.15, 0.2) is 0 Å². The second-order valence-corrected chi connectivity index (χ2v) is 10.8. The van der Waals surface area contributed by atoms with E-state index in [1.54, 1.807) is 57.0 Å². The molecule has 4 aromatic rings. The molecule has 42 heavy (non-hydrogen) atoms. The van der Waals surface area contributed by atoms with Crippen LogP contribution >= 0.6 is 0 Å². The normalized spacial score (nSPS) is 18.9. The van der Waals surface area contributed by atoms with E-state index in [4.69, 9.17) is 0 Å². The number of piperazine rings is 1. The number of para-hydroxylation sites is 1. The van der Waals surface area contributed by atoms with Gasteiger partial charge in [-0.1, -0.05) is 60.7 Å². The second kappa shape index (κ2) is 11.2. The van der Waals surface area contributed by atoms with Crippen molar-refractivity contribution in [3.63, 3.8) is 0 Å². The molecule has 2 fully saturated rings. The van der Waals surface area contributed by atoms with Gasteiger partial charge in [0.1, 0.15) is 18.0 Å². The van der Waals surface area contributed by atoms with Crippen molar-refractivity contribution in [2.24, 2.45) is 7.05 Å². The Kier molecular flexibility index (Phi) is 7.26. The molecule has 1 aromatic heterocycles. The number of hydrogen-bond donors (Lipinski definition) is 2. The number of phenolic OH excluding ortho intramolecular Hbond substituents is 1. The zero-order chi connectivity index (χ0) is 29.4. The zero-order valence-electron chi connectivity index (χ0n) is 23.6. The van der Waals surface area contributed by atoms with Gasteiger partial charge in [0, 0.05) is 39.0 Å². The van der Waals surface area contributed by atoms with Gasteiger partial charge in [0.05, 0.1) is 24.8 Å². The monoisotopic (exact) mass is 567 g/mol. The van der Waals surface area contributed by atoms with Crippen LogP contribution in [0.3, 0.4) is 0 Å². The molecule has 3 aromatic carbocycles. The number of fused-ring (bicyclic) bond motifs is 2. The van der Waals surface area contributed by atoms with Crippen molar-refractivity contribution in [3.05, 3.63) is 95.7 Å². The average molecular weight is 568 g/mol. The summed E-state index contributed by atoms with van der Waals surface area (Å²) in [6.07, 6.45) is 1.55. The van der Waals surface area contributed by atoms with Gasteiger partial charge in [-0.3, -0.25) is 19.3 Å². The van der Waals surface area contributed by atoms with Gasteiger partial charge in [-0.25, -0.2) is 4.79 Å². The van der Waals surface area contributed by atoms with Gasteiger partial charge in [-0.15, -0.1) is 0 Å². The van der Waals surface area contributed by atoms with Crippen molar-refractivity contribution in [1.82, 2.24) is 34.9 Å². The molecule has 2 N–H and O–H groups in total. The number of aromatic hydroxyl groups is 1. The molecule has 0 saturated carbocycles. The summed E-state index contributed by atoms with van der Waals surface area (Å²) in [6.45, 7) is 0.896. The minimum absolute atomic E-state index is 0.0234. The Labute approximate surface area is 243 Å². The minimum Gasteiger partial charge on any atom is -0.508 e. The average Bonchev–Trinajstić information content (AvgIpc) is 3.54. The third-order valence-corrected chi connectivity index (χ3v) is 8.10. The van der Waals surface area contributed by atoms with E-state index in [1.165, 1.54) is 5.01 Å². The van der Waals surface area contributed by atoms with Gasteiger partial charge in [-0.05, 0) is 28.8 Å². The molecule has 6 rings (SSSR count). The quantitative estimate of drug-likeness (QED) is 0.355. The Morgan fingerprint density at radius 3 is 2.55 bits per heavy atom. The molecule has 2 aliphatic heterocycles. The number of carbonyl (C=O) groups excluding carboxylic acids is 3. The number of amides is 4.